The number of nitrogens with one attached hydrogen (secondary N) is 1. The van der Waals surface area contributed by atoms with Crippen LogP contribution in [0.15, 0.2) is 33.8 Å². The number of morpholine rings is 1. The fourth-order valence-electron chi connectivity index (χ4n) is 5.99. The van der Waals surface area contributed by atoms with E-state index in [0.29, 0.717) is 22.3 Å². The van der Waals surface area contributed by atoms with E-state index < -0.39 is 5.76 Å². The highest BCUT2D eigenvalue weighted by molar-refractivity contribution is 6.30. The average Bonchev–Trinajstić information content (AvgIpc) is 3.50. The summed E-state index contributed by atoms with van der Waals surface area (Å²) >= 11 is 6.38. The Labute approximate surface area is 231 Å². The molecule has 0 amide bonds. The number of H-pyrrole nitrogens is 1. The molecule has 1 aliphatic carbocycles. The molecule has 4 aromatic heterocycles. The smallest absolute Gasteiger partial charge is 0.372 e. The van der Waals surface area contributed by atoms with Gasteiger partial charge >= 0.3 is 5.76 Å². The monoisotopic (exact) mass is 551 g/mol. The molecule has 39 heavy (non-hydrogen) atoms. The van der Waals surface area contributed by atoms with Crippen LogP contribution in [0.5, 0.6) is 0 Å². The maximum Gasteiger partial charge on any atom is 0.439 e. The molecule has 2 fully saturated rings. The molecule has 0 bridgehead atoms. The largest absolute Gasteiger partial charge is 0.439 e. The predicted octanol–water partition coefficient (Wildman–Crippen LogP) is 5.32. The Kier molecular flexibility index (Phi) is 6.93. The molecule has 5 heterocycles. The van der Waals surface area contributed by atoms with Crippen LogP contribution in [0, 0.1) is 11.8 Å². The molecule has 6 rings (SSSR count). The number of aromatic nitrogens is 6. The van der Waals surface area contributed by atoms with E-state index in [2.05, 4.69) is 52.3 Å². The van der Waals surface area contributed by atoms with Gasteiger partial charge in [-0.2, -0.15) is 0 Å². The van der Waals surface area contributed by atoms with E-state index >= 15 is 0 Å². The summed E-state index contributed by atoms with van der Waals surface area (Å²) in [5.41, 5.74) is 3.59. The van der Waals surface area contributed by atoms with Crippen LogP contribution in [0.3, 0.4) is 0 Å². The third-order valence-corrected chi connectivity index (χ3v) is 8.48. The minimum Gasteiger partial charge on any atom is -0.372 e. The van der Waals surface area contributed by atoms with E-state index in [4.69, 9.17) is 30.8 Å². The number of halogens is 1. The highest BCUT2D eigenvalue weighted by atomic mass is 35.5. The molecule has 1 aliphatic heterocycles. The Morgan fingerprint density at radius 3 is 2.59 bits per heavy atom. The zero-order valence-electron chi connectivity index (χ0n) is 22.7. The van der Waals surface area contributed by atoms with Crippen molar-refractivity contribution in [3.63, 3.8) is 0 Å². The van der Waals surface area contributed by atoms with Crippen LogP contribution in [0.4, 0.5) is 5.95 Å². The topological polar surface area (TPSA) is 115 Å². The number of pyridine rings is 2. The van der Waals surface area contributed by atoms with Crippen LogP contribution in [0.25, 0.3) is 33.8 Å². The molecule has 0 spiro atoms. The van der Waals surface area contributed by atoms with Crippen molar-refractivity contribution < 1.29 is 9.26 Å². The molecule has 206 valence electrons. The number of hydrogen-bond acceptors (Lipinski definition) is 8. The maximum absolute atomic E-state index is 11.8. The third kappa shape index (κ3) is 5.07. The van der Waals surface area contributed by atoms with Crippen LogP contribution in [-0.4, -0.2) is 54.5 Å². The van der Waals surface area contributed by atoms with Gasteiger partial charge in [-0.05, 0) is 57.6 Å². The summed E-state index contributed by atoms with van der Waals surface area (Å²) < 4.78 is 13.3. The summed E-state index contributed by atoms with van der Waals surface area (Å²) in [4.78, 5) is 31.3. The Bertz CT molecular complexity index is 1540. The number of imidazole rings is 1. The van der Waals surface area contributed by atoms with Crippen LogP contribution < -0.4 is 10.7 Å². The van der Waals surface area contributed by atoms with Gasteiger partial charge in [-0.25, -0.2) is 14.8 Å². The predicted molar refractivity (Wildman–Crippen MR) is 150 cm³/mol. The first-order chi connectivity index (χ1) is 18.8. The van der Waals surface area contributed by atoms with Crippen LogP contribution in [-0.2, 0) is 11.3 Å². The number of anilines is 1. The molecule has 3 atom stereocenters. The average molecular weight is 552 g/mol. The Balaban J connectivity index is 1.58. The second-order valence-electron chi connectivity index (χ2n) is 11.3. The molecule has 4 aromatic rings. The lowest BCUT2D eigenvalue weighted by Crippen LogP contribution is -2.53. The van der Waals surface area contributed by atoms with Crippen molar-refractivity contribution in [2.75, 3.05) is 11.4 Å². The van der Waals surface area contributed by atoms with Gasteiger partial charge in [0.05, 0.1) is 40.0 Å². The van der Waals surface area contributed by atoms with Crippen molar-refractivity contribution in [1.82, 2.24) is 29.7 Å². The van der Waals surface area contributed by atoms with E-state index in [9.17, 15) is 4.79 Å². The van der Waals surface area contributed by atoms with Gasteiger partial charge in [-0.15, -0.1) is 0 Å². The first-order valence-electron chi connectivity index (χ1n) is 13.8. The van der Waals surface area contributed by atoms with Crippen molar-refractivity contribution in [2.45, 2.75) is 78.2 Å². The first kappa shape index (κ1) is 26.0. The number of fused-ring (bicyclic) bond motifs is 1. The van der Waals surface area contributed by atoms with Gasteiger partial charge in [-0.3, -0.25) is 14.5 Å². The van der Waals surface area contributed by atoms with E-state index in [1.807, 2.05) is 12.1 Å². The van der Waals surface area contributed by atoms with Gasteiger partial charge in [-0.1, -0.05) is 36.5 Å². The second kappa shape index (κ2) is 10.4. The van der Waals surface area contributed by atoms with Crippen molar-refractivity contribution in [3.05, 3.63) is 40.1 Å². The second-order valence-corrected chi connectivity index (χ2v) is 11.7. The summed E-state index contributed by atoms with van der Waals surface area (Å²) in [7, 11) is 0. The number of ether oxygens (including phenoxy) is 1. The molecule has 1 N–H and O–H groups in total. The molecule has 11 heteroatoms. The first-order valence-corrected chi connectivity index (χ1v) is 14.1. The summed E-state index contributed by atoms with van der Waals surface area (Å²) in [6.45, 7) is 10.3. The zero-order valence-corrected chi connectivity index (χ0v) is 23.5. The van der Waals surface area contributed by atoms with Crippen LogP contribution >= 0.6 is 11.6 Å². The number of nitrogens with zero attached hydrogens (tertiary/aromatic N) is 6. The van der Waals surface area contributed by atoms with Crippen molar-refractivity contribution >= 4 is 28.6 Å². The maximum atomic E-state index is 11.8. The van der Waals surface area contributed by atoms with Crippen molar-refractivity contribution in [2.24, 2.45) is 11.8 Å². The molecule has 1 saturated heterocycles. The number of hydrogen-bond donors (Lipinski definition) is 1. The van der Waals surface area contributed by atoms with Gasteiger partial charge < -0.3 is 14.2 Å². The fraction of sp³-hybridized carbons (Fsp3) is 0.536. The van der Waals surface area contributed by atoms with Gasteiger partial charge in [0.2, 0.25) is 11.8 Å². The van der Waals surface area contributed by atoms with Crippen molar-refractivity contribution in [1.29, 1.82) is 0 Å². The van der Waals surface area contributed by atoms with E-state index in [-0.39, 0.29) is 24.1 Å². The standard InChI is InChI=1S/C28H34ClN7O3/c1-15-5-7-19(8-6-15)14-36-25-22(32-27(36)35-13-16(2)38-18(4)17(35)3)10-23(26-33-28(37)39-34-26)31-24(25)20-9-21(29)12-30-11-20/h9-12,15-19H,5-8,13-14H2,1-4H3,(H,33,34,37)/t15?,16?,17-,18-,19?/m0/s1. The number of rotatable bonds is 5. The molecule has 2 aliphatic rings. The lowest BCUT2D eigenvalue weighted by atomic mass is 9.83. The van der Waals surface area contributed by atoms with E-state index in [1.54, 1.807) is 12.4 Å². The van der Waals surface area contributed by atoms with Gasteiger partial charge in [0.15, 0.2) is 0 Å². The summed E-state index contributed by atoms with van der Waals surface area (Å²) in [5, 5.41) is 4.40. The van der Waals surface area contributed by atoms with Crippen LogP contribution in [0.2, 0.25) is 5.02 Å². The quantitative estimate of drug-likeness (QED) is 0.354. The van der Waals surface area contributed by atoms with Crippen LogP contribution in [0.1, 0.15) is 53.4 Å². The Hall–Kier alpha value is -3.24. The van der Waals surface area contributed by atoms with Gasteiger partial charge in [0.1, 0.15) is 5.69 Å². The zero-order chi connectivity index (χ0) is 27.3. The molecular weight excluding hydrogens is 518 g/mol. The minimum absolute atomic E-state index is 0.0584. The highest BCUT2D eigenvalue weighted by Crippen LogP contribution is 2.38. The van der Waals surface area contributed by atoms with E-state index in [0.717, 1.165) is 41.6 Å². The normalized spacial score (nSPS) is 25.9. The lowest BCUT2D eigenvalue weighted by Gasteiger charge is -2.42. The molecule has 0 radical (unpaired) electrons. The van der Waals surface area contributed by atoms with Crippen molar-refractivity contribution in [3.8, 4) is 22.8 Å². The lowest BCUT2D eigenvalue weighted by molar-refractivity contribution is -0.0265. The molecule has 1 saturated carbocycles. The molecule has 10 nitrogen and oxygen atoms in total. The minimum atomic E-state index is -0.638. The fourth-order valence-corrected chi connectivity index (χ4v) is 6.17. The summed E-state index contributed by atoms with van der Waals surface area (Å²) in [5.74, 6) is 1.82. The highest BCUT2D eigenvalue weighted by Gasteiger charge is 2.34. The summed E-state index contributed by atoms with van der Waals surface area (Å²) in [6, 6.07) is 3.86. The number of aromatic amines is 1. The SMILES string of the molecule is CC1CCC(Cn2c(N3CC(C)O[C@@H](C)[C@@H]3C)nc3cc(-c4noc(=O)[nH]4)nc(-c4cncc(Cl)c4)c32)CC1. The van der Waals surface area contributed by atoms with Gasteiger partial charge in [0, 0.05) is 31.0 Å². The Morgan fingerprint density at radius 2 is 1.87 bits per heavy atom. The molecular formula is C28H34ClN7O3. The third-order valence-electron chi connectivity index (χ3n) is 8.27. The molecule has 1 unspecified atom stereocenters. The Morgan fingerprint density at radius 1 is 1.08 bits per heavy atom. The van der Waals surface area contributed by atoms with E-state index in [1.165, 1.54) is 25.7 Å². The molecule has 0 aromatic carbocycles. The summed E-state index contributed by atoms with van der Waals surface area (Å²) in [6.07, 6.45) is 8.34. The van der Waals surface area contributed by atoms with Gasteiger partial charge in [0.25, 0.3) is 0 Å².